The Kier molecular flexibility index (Phi) is 9.84. The second-order valence-electron chi connectivity index (χ2n) is 8.68. The Hall–Kier alpha value is 1.31. The van der Waals surface area contributed by atoms with Crippen molar-refractivity contribution in [3.63, 3.8) is 0 Å². The molecule has 0 aromatic rings. The van der Waals surface area contributed by atoms with Crippen molar-refractivity contribution >= 4 is 31.8 Å². The molecule has 0 unspecified atom stereocenters. The molecule has 0 spiro atoms. The van der Waals surface area contributed by atoms with Crippen LogP contribution in [-0.2, 0) is 23.4 Å². The van der Waals surface area contributed by atoms with Gasteiger partial charge in [0.1, 0.15) is 18.3 Å². The summed E-state index contributed by atoms with van der Waals surface area (Å²) in [6, 6.07) is 0. The van der Waals surface area contributed by atoms with E-state index in [0.717, 1.165) is 6.42 Å². The van der Waals surface area contributed by atoms with Crippen LogP contribution in [-0.4, -0.2) is 63.4 Å². The van der Waals surface area contributed by atoms with Crippen LogP contribution in [0.5, 0.6) is 0 Å². The van der Waals surface area contributed by atoms with E-state index in [-0.39, 0.29) is 43.3 Å². The summed E-state index contributed by atoms with van der Waals surface area (Å²) in [5, 5.41) is 0. The second-order valence-corrected chi connectivity index (χ2v) is 15.2. The molecule has 5 nitrogen and oxygen atoms in total. The fourth-order valence-corrected chi connectivity index (χ4v) is 5.82. The Morgan fingerprint density at radius 2 is 1.63 bits per heavy atom. The van der Waals surface area contributed by atoms with Crippen molar-refractivity contribution in [3.8, 4) is 0 Å². The van der Waals surface area contributed by atoms with Gasteiger partial charge in [0.05, 0.1) is 6.61 Å². The van der Waals surface area contributed by atoms with E-state index in [1.165, 1.54) is 4.58 Å². The molecule has 0 aliphatic carbocycles. The quantitative estimate of drug-likeness (QED) is 0.427. The van der Waals surface area contributed by atoms with Crippen LogP contribution in [0.2, 0.25) is 19.6 Å². The molecule has 0 radical (unpaired) electrons. The first-order valence-corrected chi connectivity index (χ1v) is 15.0. The summed E-state index contributed by atoms with van der Waals surface area (Å²) in [7, 11) is -1.76. The van der Waals surface area contributed by atoms with E-state index in [0.29, 0.717) is 6.61 Å². The number of thioether (sulfide) groups is 2. The molecule has 2 aliphatic heterocycles. The maximum atomic E-state index is 6.58. The third-order valence-electron chi connectivity index (χ3n) is 4.25. The van der Waals surface area contributed by atoms with Crippen LogP contribution in [0.4, 0.5) is 0 Å². The molecular weight excluding hydrogens is 395 g/mol. The normalized spacial score (nSPS) is 31.1. The maximum absolute atomic E-state index is 6.58. The predicted octanol–water partition coefficient (Wildman–Crippen LogP) is 1.49. The van der Waals surface area contributed by atoms with E-state index in [9.17, 15) is 0 Å². The maximum Gasteiger partial charge on any atom is 1.00 e. The van der Waals surface area contributed by atoms with Gasteiger partial charge < -0.3 is 46.9 Å². The third kappa shape index (κ3) is 7.82. The Balaban J connectivity index is 0.00000364. The Morgan fingerprint density at radius 1 is 1.04 bits per heavy atom. The van der Waals surface area contributed by atoms with Gasteiger partial charge in [-0.25, -0.2) is 4.58 Å². The minimum absolute atomic E-state index is 0. The molecule has 2 aliphatic rings. The number of ether oxygens (including phenoxy) is 4. The third-order valence-corrected chi connectivity index (χ3v) is 7.51. The topological polar surface area (TPSA) is 46.2 Å². The number of rotatable bonds is 8. The zero-order valence-electron chi connectivity index (χ0n) is 18.6. The van der Waals surface area contributed by atoms with Gasteiger partial charge in [-0.1, -0.05) is 0 Å². The summed E-state index contributed by atoms with van der Waals surface area (Å²) in [6.45, 7) is 14.9. The molecule has 154 valence electrons. The average Bonchev–Trinajstić information content (AvgIpc) is 3.01. The minimum Gasteiger partial charge on any atom is -0.415 e. The van der Waals surface area contributed by atoms with Crippen molar-refractivity contribution < 1.29 is 42.2 Å². The van der Waals surface area contributed by atoms with E-state index in [4.69, 9.17) is 23.4 Å². The number of hydrogen-bond acceptors (Lipinski definition) is 7. The van der Waals surface area contributed by atoms with Gasteiger partial charge in [-0.2, -0.15) is 0 Å². The standard InChI is InChI=1S/C18H35O5S2Si.Li/c1-17(2)19-11-13(20-17)16-15(21-18(3,4)22-16)12(23-26(7,8)9)10-14(24-5)25-6;/h12-13,15-16H,10-11H2,1-9H3;/q-1;+1/t12-,13-,15-,16-;/m1./s1. The van der Waals surface area contributed by atoms with E-state index >= 15 is 0 Å². The molecule has 2 heterocycles. The van der Waals surface area contributed by atoms with E-state index in [2.05, 4.69) is 32.2 Å². The smallest absolute Gasteiger partial charge is 0.415 e. The van der Waals surface area contributed by atoms with Crippen molar-refractivity contribution in [2.45, 2.75) is 89.7 Å². The SMILES string of the molecule is CS[C-](C[C@@H](O[Si](C)(C)C)[C@H]1OC(C)(C)O[C@@H]1[C@H]1COC(C)(C)O1)SC.[Li+]. The zero-order chi connectivity index (χ0) is 19.8. The summed E-state index contributed by atoms with van der Waals surface area (Å²) in [5.74, 6) is -1.25. The van der Waals surface area contributed by atoms with Gasteiger partial charge in [-0.3, -0.25) is 0 Å². The van der Waals surface area contributed by atoms with Crippen LogP contribution in [0.1, 0.15) is 34.1 Å². The molecule has 0 bridgehead atoms. The van der Waals surface area contributed by atoms with Crippen LogP contribution in [0, 0.1) is 4.58 Å². The van der Waals surface area contributed by atoms with Crippen molar-refractivity contribution in [2.24, 2.45) is 0 Å². The summed E-state index contributed by atoms with van der Waals surface area (Å²) >= 11 is 3.56. The van der Waals surface area contributed by atoms with Crippen molar-refractivity contribution in [3.05, 3.63) is 4.58 Å². The van der Waals surface area contributed by atoms with Crippen molar-refractivity contribution in [1.29, 1.82) is 0 Å². The van der Waals surface area contributed by atoms with Gasteiger partial charge in [-0.05, 0) is 59.8 Å². The van der Waals surface area contributed by atoms with Gasteiger partial charge in [-0.15, -0.1) is 6.42 Å². The summed E-state index contributed by atoms with van der Waals surface area (Å²) in [5.41, 5.74) is 0. The molecule has 2 saturated heterocycles. The van der Waals surface area contributed by atoms with Gasteiger partial charge in [0, 0.05) is 6.10 Å². The Bertz CT molecular complexity index is 471. The van der Waals surface area contributed by atoms with Gasteiger partial charge in [0.2, 0.25) is 0 Å². The minimum atomic E-state index is -1.76. The molecule has 27 heavy (non-hydrogen) atoms. The summed E-state index contributed by atoms with van der Waals surface area (Å²) in [6.07, 6.45) is 4.45. The fourth-order valence-electron chi connectivity index (χ4n) is 3.36. The molecule has 2 fully saturated rings. The largest absolute Gasteiger partial charge is 1.00 e. The molecule has 0 aromatic heterocycles. The second kappa shape index (κ2) is 10.1. The van der Waals surface area contributed by atoms with Gasteiger partial charge in [0.15, 0.2) is 19.9 Å². The van der Waals surface area contributed by atoms with Gasteiger partial charge in [0.25, 0.3) is 0 Å². The van der Waals surface area contributed by atoms with E-state index < -0.39 is 19.9 Å². The Morgan fingerprint density at radius 3 is 2.07 bits per heavy atom. The van der Waals surface area contributed by atoms with Crippen molar-refractivity contribution in [2.75, 3.05) is 19.1 Å². The first kappa shape index (κ1) is 26.3. The summed E-state index contributed by atoms with van der Waals surface area (Å²) in [4.78, 5) is 0. The predicted molar refractivity (Wildman–Crippen MR) is 112 cm³/mol. The van der Waals surface area contributed by atoms with Gasteiger partial charge >= 0.3 is 18.9 Å². The van der Waals surface area contributed by atoms with Crippen LogP contribution in [0.3, 0.4) is 0 Å². The Labute approximate surface area is 187 Å². The monoisotopic (exact) mass is 430 g/mol. The number of hydrogen-bond donors (Lipinski definition) is 0. The summed E-state index contributed by atoms with van der Waals surface area (Å²) < 4.78 is 32.4. The molecule has 0 aromatic carbocycles. The van der Waals surface area contributed by atoms with Crippen LogP contribution < -0.4 is 18.9 Å². The zero-order valence-corrected chi connectivity index (χ0v) is 21.2. The van der Waals surface area contributed by atoms with E-state index in [1.54, 1.807) is 23.5 Å². The molecule has 0 N–H and O–H groups in total. The first-order chi connectivity index (χ1) is 11.9. The molecule has 4 atom stereocenters. The molecule has 0 amide bonds. The first-order valence-electron chi connectivity index (χ1n) is 9.15. The fraction of sp³-hybridized carbons (Fsp3) is 0.944. The molecule has 0 saturated carbocycles. The van der Waals surface area contributed by atoms with E-state index in [1.807, 2.05) is 27.7 Å². The van der Waals surface area contributed by atoms with Crippen LogP contribution >= 0.6 is 23.5 Å². The molecular formula is C18H35LiO5S2Si. The molecule has 2 rings (SSSR count). The molecule has 9 heteroatoms. The van der Waals surface area contributed by atoms with Crippen molar-refractivity contribution in [1.82, 2.24) is 0 Å². The van der Waals surface area contributed by atoms with Crippen LogP contribution in [0.15, 0.2) is 0 Å². The average molecular weight is 431 g/mol. The van der Waals surface area contributed by atoms with Crippen LogP contribution in [0.25, 0.3) is 0 Å².